The number of hydrogen-bond acceptors (Lipinski definition) is 3. The zero-order valence-electron chi connectivity index (χ0n) is 16.6. The van der Waals surface area contributed by atoms with E-state index in [0.29, 0.717) is 5.56 Å². The molecule has 3 rings (SSSR count). The van der Waals surface area contributed by atoms with Crippen molar-refractivity contribution in [3.63, 3.8) is 0 Å². The molecule has 0 unspecified atom stereocenters. The van der Waals surface area contributed by atoms with E-state index in [0.717, 1.165) is 29.0 Å². The van der Waals surface area contributed by atoms with Crippen LogP contribution in [0, 0.1) is 6.92 Å². The third kappa shape index (κ3) is 4.08. The Hall–Kier alpha value is -2.95. The van der Waals surface area contributed by atoms with Crippen molar-refractivity contribution in [2.75, 3.05) is 0 Å². The van der Waals surface area contributed by atoms with Crippen molar-refractivity contribution >= 4 is 23.2 Å². The van der Waals surface area contributed by atoms with Crippen LogP contribution < -0.4 is 5.43 Å². The number of nitrogens with one attached hydrogen (secondary N) is 1. The standard InChI is InChI=1S/C22H26N4O/c1-6-26-15(2)24-19-13-17(9-12-20(19)26)21(27)25-23-14-16-7-10-18(11-8-16)22(3,4)5/h7-14H,6H2,1-5H3,(H,25,27). The highest BCUT2D eigenvalue weighted by Gasteiger charge is 2.13. The third-order valence-corrected chi connectivity index (χ3v) is 4.67. The Bertz CT molecular complexity index is 992. The van der Waals surface area contributed by atoms with Crippen molar-refractivity contribution in [3.8, 4) is 0 Å². The molecular formula is C22H26N4O. The van der Waals surface area contributed by atoms with Gasteiger partial charge in [0.2, 0.25) is 0 Å². The van der Waals surface area contributed by atoms with Gasteiger partial charge in [-0.3, -0.25) is 4.79 Å². The summed E-state index contributed by atoms with van der Waals surface area (Å²) >= 11 is 0. The zero-order valence-corrected chi connectivity index (χ0v) is 16.6. The summed E-state index contributed by atoms with van der Waals surface area (Å²) in [6.45, 7) is 11.4. The maximum atomic E-state index is 12.4. The van der Waals surface area contributed by atoms with E-state index in [1.165, 1.54) is 5.56 Å². The Labute approximate surface area is 160 Å². The number of carbonyl (C=O) groups excluding carboxylic acids is 1. The first kappa shape index (κ1) is 18.8. The van der Waals surface area contributed by atoms with Gasteiger partial charge in [-0.25, -0.2) is 10.4 Å². The topological polar surface area (TPSA) is 59.3 Å². The van der Waals surface area contributed by atoms with Gasteiger partial charge in [0.25, 0.3) is 5.91 Å². The molecule has 2 aromatic carbocycles. The van der Waals surface area contributed by atoms with Crippen LogP contribution >= 0.6 is 0 Å². The SMILES string of the molecule is CCn1c(C)nc2cc(C(=O)NN=Cc3ccc(C(C)(C)C)cc3)ccc21. The first-order valence-corrected chi connectivity index (χ1v) is 9.20. The summed E-state index contributed by atoms with van der Waals surface area (Å²) in [4.78, 5) is 16.9. The number of benzene rings is 2. The molecule has 1 amide bonds. The molecule has 3 aromatic rings. The van der Waals surface area contributed by atoms with Gasteiger partial charge in [0.1, 0.15) is 5.82 Å². The largest absolute Gasteiger partial charge is 0.329 e. The first-order chi connectivity index (χ1) is 12.8. The van der Waals surface area contributed by atoms with Crippen molar-refractivity contribution < 1.29 is 4.79 Å². The quantitative estimate of drug-likeness (QED) is 0.551. The maximum absolute atomic E-state index is 12.4. The summed E-state index contributed by atoms with van der Waals surface area (Å²) in [6, 6.07) is 13.7. The summed E-state index contributed by atoms with van der Waals surface area (Å²) < 4.78 is 2.12. The number of aromatic nitrogens is 2. The van der Waals surface area contributed by atoms with Crippen LogP contribution in [0.25, 0.3) is 11.0 Å². The molecule has 0 fully saturated rings. The van der Waals surface area contributed by atoms with Crippen LogP contribution in [-0.2, 0) is 12.0 Å². The molecule has 0 aliphatic rings. The number of hydrazone groups is 1. The Morgan fingerprint density at radius 2 is 1.89 bits per heavy atom. The molecule has 0 bridgehead atoms. The van der Waals surface area contributed by atoms with Crippen molar-refractivity contribution in [3.05, 3.63) is 65.0 Å². The molecule has 27 heavy (non-hydrogen) atoms. The second-order valence-corrected chi connectivity index (χ2v) is 7.68. The van der Waals surface area contributed by atoms with Gasteiger partial charge in [-0.1, -0.05) is 45.0 Å². The summed E-state index contributed by atoms with van der Waals surface area (Å²) in [7, 11) is 0. The lowest BCUT2D eigenvalue weighted by Gasteiger charge is -2.18. The highest BCUT2D eigenvalue weighted by Crippen LogP contribution is 2.22. The van der Waals surface area contributed by atoms with E-state index in [1.807, 2.05) is 25.1 Å². The number of carbonyl (C=O) groups is 1. The molecule has 5 nitrogen and oxygen atoms in total. The minimum Gasteiger partial charge on any atom is -0.329 e. The van der Waals surface area contributed by atoms with Gasteiger partial charge in [-0.2, -0.15) is 5.10 Å². The van der Waals surface area contributed by atoms with E-state index in [1.54, 1.807) is 18.3 Å². The number of rotatable bonds is 4. The van der Waals surface area contributed by atoms with E-state index in [2.05, 4.69) is 59.9 Å². The molecule has 5 heteroatoms. The number of hydrogen-bond donors (Lipinski definition) is 1. The average Bonchev–Trinajstić information content (AvgIpc) is 2.95. The van der Waals surface area contributed by atoms with Crippen LogP contribution in [0.15, 0.2) is 47.6 Å². The Morgan fingerprint density at radius 3 is 2.52 bits per heavy atom. The molecule has 0 atom stereocenters. The van der Waals surface area contributed by atoms with Gasteiger partial charge in [-0.05, 0) is 48.6 Å². The third-order valence-electron chi connectivity index (χ3n) is 4.67. The fourth-order valence-corrected chi connectivity index (χ4v) is 3.09. The van der Waals surface area contributed by atoms with Gasteiger partial charge in [0.05, 0.1) is 17.2 Å². The first-order valence-electron chi connectivity index (χ1n) is 9.20. The number of amides is 1. The van der Waals surface area contributed by atoms with Crippen LogP contribution in [-0.4, -0.2) is 21.7 Å². The van der Waals surface area contributed by atoms with Crippen molar-refractivity contribution in [2.45, 2.75) is 46.6 Å². The summed E-state index contributed by atoms with van der Waals surface area (Å²) in [5.41, 5.74) is 7.31. The monoisotopic (exact) mass is 362 g/mol. The number of fused-ring (bicyclic) bond motifs is 1. The number of imidazole rings is 1. The second-order valence-electron chi connectivity index (χ2n) is 7.68. The summed E-state index contributed by atoms with van der Waals surface area (Å²) in [6.07, 6.45) is 1.65. The molecule has 1 N–H and O–H groups in total. The molecular weight excluding hydrogens is 336 g/mol. The molecule has 0 aliphatic carbocycles. The van der Waals surface area contributed by atoms with Gasteiger partial charge in [-0.15, -0.1) is 0 Å². The van der Waals surface area contributed by atoms with Crippen LogP contribution in [0.2, 0.25) is 0 Å². The number of aryl methyl sites for hydroxylation is 2. The molecule has 0 aliphatic heterocycles. The highest BCUT2D eigenvalue weighted by atomic mass is 16.2. The minimum absolute atomic E-state index is 0.117. The fraction of sp³-hybridized carbons (Fsp3) is 0.318. The van der Waals surface area contributed by atoms with Gasteiger partial charge < -0.3 is 4.57 Å². The molecule has 0 saturated carbocycles. The molecule has 1 aromatic heterocycles. The van der Waals surface area contributed by atoms with Gasteiger partial charge in [0, 0.05) is 12.1 Å². The molecule has 140 valence electrons. The second kappa shape index (κ2) is 7.35. The highest BCUT2D eigenvalue weighted by molar-refractivity contribution is 5.97. The Morgan fingerprint density at radius 1 is 1.19 bits per heavy atom. The van der Waals surface area contributed by atoms with Gasteiger partial charge >= 0.3 is 0 Å². The predicted octanol–water partition coefficient (Wildman–Crippen LogP) is 4.43. The maximum Gasteiger partial charge on any atom is 0.271 e. The smallest absolute Gasteiger partial charge is 0.271 e. The van der Waals surface area contributed by atoms with Crippen LogP contribution in [0.3, 0.4) is 0 Å². The Kier molecular flexibility index (Phi) is 5.13. The Balaban J connectivity index is 1.70. The van der Waals surface area contributed by atoms with E-state index >= 15 is 0 Å². The average molecular weight is 362 g/mol. The lowest BCUT2D eigenvalue weighted by atomic mass is 9.87. The van der Waals surface area contributed by atoms with E-state index in [-0.39, 0.29) is 11.3 Å². The van der Waals surface area contributed by atoms with E-state index in [4.69, 9.17) is 0 Å². The fourth-order valence-electron chi connectivity index (χ4n) is 3.09. The lowest BCUT2D eigenvalue weighted by Crippen LogP contribution is -2.17. The van der Waals surface area contributed by atoms with Crippen molar-refractivity contribution in [1.82, 2.24) is 15.0 Å². The predicted molar refractivity (Wildman–Crippen MR) is 110 cm³/mol. The normalized spacial score (nSPS) is 12.0. The molecule has 1 heterocycles. The van der Waals surface area contributed by atoms with Crippen molar-refractivity contribution in [2.24, 2.45) is 5.10 Å². The lowest BCUT2D eigenvalue weighted by molar-refractivity contribution is 0.0955. The van der Waals surface area contributed by atoms with Crippen LogP contribution in [0.1, 0.15) is 55.0 Å². The summed E-state index contributed by atoms with van der Waals surface area (Å²) in [5, 5.41) is 4.08. The number of nitrogens with zero attached hydrogens (tertiary/aromatic N) is 3. The summed E-state index contributed by atoms with van der Waals surface area (Å²) in [5.74, 6) is 0.699. The molecule has 0 radical (unpaired) electrons. The van der Waals surface area contributed by atoms with Crippen LogP contribution in [0.5, 0.6) is 0 Å². The minimum atomic E-state index is -0.247. The molecule has 0 spiro atoms. The van der Waals surface area contributed by atoms with E-state index < -0.39 is 0 Å². The molecule has 0 saturated heterocycles. The van der Waals surface area contributed by atoms with Crippen molar-refractivity contribution in [1.29, 1.82) is 0 Å². The van der Waals surface area contributed by atoms with E-state index in [9.17, 15) is 4.79 Å². The van der Waals surface area contributed by atoms with Gasteiger partial charge in [0.15, 0.2) is 0 Å². The van der Waals surface area contributed by atoms with Crippen LogP contribution in [0.4, 0.5) is 0 Å². The zero-order chi connectivity index (χ0) is 19.6.